The summed E-state index contributed by atoms with van der Waals surface area (Å²) in [5, 5.41) is 20.2. The summed E-state index contributed by atoms with van der Waals surface area (Å²) in [6.45, 7) is 0. The van der Waals surface area contributed by atoms with Crippen molar-refractivity contribution in [3.05, 3.63) is 63.7 Å². The number of alkyl halides is 2. The molecule has 0 saturated heterocycles. The summed E-state index contributed by atoms with van der Waals surface area (Å²) in [5.41, 5.74) is 0.0827. The first kappa shape index (κ1) is 19.4. The molecule has 0 atom stereocenters. The minimum Gasteiger partial charge on any atom is -0.502 e. The third-order valence-corrected chi connectivity index (χ3v) is 4.06. The molecule has 1 N–H and O–H groups in total. The van der Waals surface area contributed by atoms with Crippen LogP contribution in [0, 0.1) is 10.1 Å². The van der Waals surface area contributed by atoms with Crippen LogP contribution in [0.1, 0.15) is 15.9 Å². The normalized spacial score (nSPS) is 11.1. The Morgan fingerprint density at radius 1 is 1.31 bits per heavy atom. The first-order valence-electron chi connectivity index (χ1n) is 7.14. The van der Waals surface area contributed by atoms with E-state index in [1.807, 2.05) is 0 Å². The number of aromatic hydroxyl groups is 1. The lowest BCUT2D eigenvalue weighted by Crippen LogP contribution is -1.97. The number of phenolic OH excluding ortho intramolecular Hbond substituents is 1. The van der Waals surface area contributed by atoms with Gasteiger partial charge in [0.05, 0.1) is 16.9 Å². The first-order valence-corrected chi connectivity index (χ1v) is 8.02. The number of benzene rings is 2. The molecule has 9 heteroatoms. The molecule has 0 fully saturated rings. The molecule has 2 aromatic carbocycles. The molecular weight excluding hydrogens is 368 g/mol. The number of nitro groups is 1. The molecule has 136 valence electrons. The van der Waals surface area contributed by atoms with E-state index in [0.717, 1.165) is 12.1 Å². The lowest BCUT2D eigenvalue weighted by atomic mass is 10.1. The zero-order valence-electron chi connectivity index (χ0n) is 13.4. The number of thioether (sulfide) groups is 1. The smallest absolute Gasteiger partial charge is 0.311 e. The molecule has 0 aliphatic carbocycles. The molecule has 0 amide bonds. The van der Waals surface area contributed by atoms with Crippen molar-refractivity contribution in [2.45, 2.75) is 10.7 Å². The number of carbonyl (C=O) groups excluding carboxylic acids is 1. The first-order chi connectivity index (χ1) is 12.3. The molecule has 0 aliphatic heterocycles. The molecule has 2 aromatic rings. The number of hydrogen-bond donors (Lipinski definition) is 1. The zero-order valence-corrected chi connectivity index (χ0v) is 14.2. The maximum Gasteiger partial charge on any atom is 0.311 e. The van der Waals surface area contributed by atoms with E-state index in [4.69, 9.17) is 4.74 Å². The Hall–Kier alpha value is -2.94. The fourth-order valence-electron chi connectivity index (χ4n) is 2.07. The van der Waals surface area contributed by atoms with Gasteiger partial charge in [-0.3, -0.25) is 14.9 Å². The van der Waals surface area contributed by atoms with Crippen LogP contribution in [-0.2, 0) is 0 Å². The Morgan fingerprint density at radius 2 is 2.04 bits per heavy atom. The van der Waals surface area contributed by atoms with Gasteiger partial charge in [-0.1, -0.05) is 23.9 Å². The van der Waals surface area contributed by atoms with Crippen molar-refractivity contribution in [2.24, 2.45) is 0 Å². The highest BCUT2D eigenvalue weighted by Crippen LogP contribution is 2.34. The second-order valence-corrected chi connectivity index (χ2v) is 5.98. The monoisotopic (exact) mass is 381 g/mol. The van der Waals surface area contributed by atoms with Crippen LogP contribution in [0.5, 0.6) is 11.5 Å². The largest absolute Gasteiger partial charge is 0.502 e. The molecule has 0 aliphatic rings. The average Bonchev–Trinajstić information content (AvgIpc) is 2.60. The molecule has 0 heterocycles. The second-order valence-electron chi connectivity index (χ2n) is 4.95. The number of nitro benzene ring substituents is 1. The number of hydrogen-bond acceptors (Lipinski definition) is 6. The molecule has 0 saturated carbocycles. The number of halogens is 2. The van der Waals surface area contributed by atoms with Gasteiger partial charge in [0.25, 0.3) is 5.76 Å². The van der Waals surface area contributed by atoms with E-state index in [0.29, 0.717) is 17.3 Å². The Morgan fingerprint density at radius 3 is 2.65 bits per heavy atom. The topological polar surface area (TPSA) is 89.7 Å². The molecular formula is C17H13F2NO5S. The summed E-state index contributed by atoms with van der Waals surface area (Å²) in [6.07, 6.45) is 2.54. The van der Waals surface area contributed by atoms with Gasteiger partial charge in [-0.2, -0.15) is 8.78 Å². The molecule has 2 rings (SSSR count). The van der Waals surface area contributed by atoms with Crippen LogP contribution < -0.4 is 4.74 Å². The number of ether oxygens (including phenoxy) is 1. The van der Waals surface area contributed by atoms with E-state index in [1.54, 1.807) is 0 Å². The Bertz CT molecular complexity index is 870. The highest BCUT2D eigenvalue weighted by molar-refractivity contribution is 7.99. The van der Waals surface area contributed by atoms with E-state index >= 15 is 0 Å². The summed E-state index contributed by atoms with van der Waals surface area (Å²) in [4.78, 5) is 22.5. The lowest BCUT2D eigenvalue weighted by molar-refractivity contribution is -0.385. The van der Waals surface area contributed by atoms with Gasteiger partial charge in [0.15, 0.2) is 11.5 Å². The van der Waals surface area contributed by atoms with Gasteiger partial charge in [-0.05, 0) is 35.9 Å². The van der Waals surface area contributed by atoms with Crippen molar-refractivity contribution < 1.29 is 28.3 Å². The minimum atomic E-state index is -2.62. The predicted octanol–water partition coefficient (Wildman–Crippen LogP) is 4.52. The van der Waals surface area contributed by atoms with Crippen LogP contribution >= 0.6 is 11.8 Å². The number of nitrogens with zero attached hydrogens (tertiary/aromatic N) is 1. The quantitative estimate of drug-likeness (QED) is 0.249. The highest BCUT2D eigenvalue weighted by atomic mass is 32.2. The molecule has 26 heavy (non-hydrogen) atoms. The van der Waals surface area contributed by atoms with Crippen LogP contribution in [0.3, 0.4) is 0 Å². The molecule has 0 spiro atoms. The van der Waals surface area contributed by atoms with Crippen molar-refractivity contribution in [1.82, 2.24) is 0 Å². The van der Waals surface area contributed by atoms with Crippen LogP contribution in [0.2, 0.25) is 0 Å². The fourth-order valence-corrected chi connectivity index (χ4v) is 2.67. The van der Waals surface area contributed by atoms with Gasteiger partial charge in [0.1, 0.15) is 5.75 Å². The van der Waals surface area contributed by atoms with Crippen molar-refractivity contribution in [3.8, 4) is 11.5 Å². The van der Waals surface area contributed by atoms with Gasteiger partial charge < -0.3 is 9.84 Å². The SMILES string of the molecule is COc1cc(C(=O)/C=C/c2ccc(O)c([N+](=O)[O-])c2)ccc1SC(F)F. The van der Waals surface area contributed by atoms with E-state index < -0.39 is 27.9 Å². The van der Waals surface area contributed by atoms with Gasteiger partial charge in [0, 0.05) is 11.6 Å². The molecule has 0 unspecified atom stereocenters. The summed E-state index contributed by atoms with van der Waals surface area (Å²) in [6, 6.07) is 7.79. The number of allylic oxidation sites excluding steroid dienone is 1. The summed E-state index contributed by atoms with van der Waals surface area (Å²) >= 11 is 0.311. The fraction of sp³-hybridized carbons (Fsp3) is 0.118. The maximum absolute atomic E-state index is 12.5. The number of ketones is 1. The van der Waals surface area contributed by atoms with Crippen molar-refractivity contribution in [3.63, 3.8) is 0 Å². The van der Waals surface area contributed by atoms with Crippen LogP contribution in [0.25, 0.3) is 6.08 Å². The van der Waals surface area contributed by atoms with Gasteiger partial charge >= 0.3 is 5.69 Å². The maximum atomic E-state index is 12.5. The predicted molar refractivity (Wildman–Crippen MR) is 93.0 cm³/mol. The zero-order chi connectivity index (χ0) is 19.3. The Balaban J connectivity index is 2.23. The second kappa shape index (κ2) is 8.43. The molecule has 0 radical (unpaired) electrons. The lowest BCUT2D eigenvalue weighted by Gasteiger charge is -2.08. The van der Waals surface area contributed by atoms with Gasteiger partial charge in [-0.15, -0.1) is 0 Å². The highest BCUT2D eigenvalue weighted by Gasteiger charge is 2.14. The van der Waals surface area contributed by atoms with Crippen molar-refractivity contribution in [2.75, 3.05) is 7.11 Å². The molecule has 0 bridgehead atoms. The van der Waals surface area contributed by atoms with Crippen molar-refractivity contribution >= 4 is 29.3 Å². The number of carbonyl (C=O) groups is 1. The number of methoxy groups -OCH3 is 1. The number of phenols is 1. The number of rotatable bonds is 7. The summed E-state index contributed by atoms with van der Waals surface area (Å²) < 4.78 is 30.0. The average molecular weight is 381 g/mol. The molecule has 6 nitrogen and oxygen atoms in total. The third kappa shape index (κ3) is 4.79. The minimum absolute atomic E-state index is 0.148. The van der Waals surface area contributed by atoms with Gasteiger partial charge in [-0.25, -0.2) is 0 Å². The van der Waals surface area contributed by atoms with Gasteiger partial charge in [0.2, 0.25) is 0 Å². The van der Waals surface area contributed by atoms with Crippen molar-refractivity contribution in [1.29, 1.82) is 0 Å². The van der Waals surface area contributed by atoms with E-state index in [9.17, 15) is 28.8 Å². The Labute approximate surface area is 151 Å². The van der Waals surface area contributed by atoms with E-state index in [1.165, 1.54) is 43.5 Å². The van der Waals surface area contributed by atoms with E-state index in [-0.39, 0.29) is 16.2 Å². The standard InChI is InChI=1S/C17H13F2NO5S/c1-25-15-9-11(4-7-16(15)26-17(18)19)13(21)5-2-10-3-6-14(22)12(8-10)20(23)24/h2-9,17,22H,1H3/b5-2+. The molecule has 0 aromatic heterocycles. The van der Waals surface area contributed by atoms with Crippen LogP contribution in [-0.4, -0.2) is 28.7 Å². The summed E-state index contributed by atoms with van der Waals surface area (Å²) in [7, 11) is 1.31. The van der Waals surface area contributed by atoms with Crippen LogP contribution in [0.15, 0.2) is 47.4 Å². The third-order valence-electron chi connectivity index (χ3n) is 3.29. The van der Waals surface area contributed by atoms with Crippen LogP contribution in [0.4, 0.5) is 14.5 Å². The Kier molecular flexibility index (Phi) is 6.29. The summed E-state index contributed by atoms with van der Waals surface area (Å²) in [5.74, 6) is -3.38. The van der Waals surface area contributed by atoms with E-state index in [2.05, 4.69) is 0 Å².